The number of hydrogen-bond donors (Lipinski definition) is 1. The zero-order valence-electron chi connectivity index (χ0n) is 9.31. The van der Waals surface area contributed by atoms with Crippen LogP contribution in [0.5, 0.6) is 0 Å². The van der Waals surface area contributed by atoms with Gasteiger partial charge in [0.2, 0.25) is 0 Å². The SMILES string of the molecule is CCCC(C)NC(C)(C)C(=O)OC. The summed E-state index contributed by atoms with van der Waals surface area (Å²) in [7, 11) is 1.41. The number of esters is 1. The molecule has 78 valence electrons. The van der Waals surface area contributed by atoms with E-state index in [2.05, 4.69) is 19.2 Å². The molecule has 0 aromatic heterocycles. The lowest BCUT2D eigenvalue weighted by atomic mass is 10.0. The predicted molar refractivity (Wildman–Crippen MR) is 53.6 cm³/mol. The second-order valence-corrected chi connectivity index (χ2v) is 3.95. The van der Waals surface area contributed by atoms with Gasteiger partial charge in [-0.15, -0.1) is 0 Å². The Morgan fingerprint density at radius 3 is 2.46 bits per heavy atom. The summed E-state index contributed by atoms with van der Waals surface area (Å²) < 4.78 is 4.69. The molecule has 0 saturated heterocycles. The highest BCUT2D eigenvalue weighted by Gasteiger charge is 2.29. The molecule has 3 nitrogen and oxygen atoms in total. The summed E-state index contributed by atoms with van der Waals surface area (Å²) in [5.41, 5.74) is -0.580. The van der Waals surface area contributed by atoms with Gasteiger partial charge in [0, 0.05) is 6.04 Å². The van der Waals surface area contributed by atoms with Gasteiger partial charge in [0.05, 0.1) is 7.11 Å². The molecule has 0 aliphatic heterocycles. The Morgan fingerprint density at radius 2 is 2.08 bits per heavy atom. The van der Waals surface area contributed by atoms with Crippen molar-refractivity contribution >= 4 is 5.97 Å². The second-order valence-electron chi connectivity index (χ2n) is 3.95. The fourth-order valence-corrected chi connectivity index (χ4v) is 1.44. The van der Waals surface area contributed by atoms with Gasteiger partial charge in [0.25, 0.3) is 0 Å². The zero-order chi connectivity index (χ0) is 10.5. The third-order valence-electron chi connectivity index (χ3n) is 2.02. The average Bonchev–Trinajstić information content (AvgIpc) is 2.02. The minimum atomic E-state index is -0.580. The largest absolute Gasteiger partial charge is 0.468 e. The number of methoxy groups -OCH3 is 1. The van der Waals surface area contributed by atoms with Crippen molar-refractivity contribution in [3.05, 3.63) is 0 Å². The number of carbonyl (C=O) groups excluding carboxylic acids is 1. The van der Waals surface area contributed by atoms with Gasteiger partial charge in [-0.1, -0.05) is 13.3 Å². The maximum absolute atomic E-state index is 11.3. The Kier molecular flexibility index (Phi) is 4.99. The van der Waals surface area contributed by atoms with Crippen LogP contribution in [-0.2, 0) is 9.53 Å². The summed E-state index contributed by atoms with van der Waals surface area (Å²) in [6, 6.07) is 0.346. The van der Waals surface area contributed by atoms with E-state index in [0.717, 1.165) is 12.8 Å². The lowest BCUT2D eigenvalue weighted by molar-refractivity contribution is -0.147. The van der Waals surface area contributed by atoms with Crippen molar-refractivity contribution < 1.29 is 9.53 Å². The molecule has 0 amide bonds. The molecule has 1 N–H and O–H groups in total. The van der Waals surface area contributed by atoms with Crippen LogP contribution in [0.3, 0.4) is 0 Å². The van der Waals surface area contributed by atoms with Crippen LogP contribution >= 0.6 is 0 Å². The Morgan fingerprint density at radius 1 is 1.54 bits per heavy atom. The lowest BCUT2D eigenvalue weighted by Gasteiger charge is -2.27. The lowest BCUT2D eigenvalue weighted by Crippen LogP contribution is -2.51. The molecule has 0 radical (unpaired) electrons. The number of nitrogens with one attached hydrogen (secondary N) is 1. The van der Waals surface area contributed by atoms with Gasteiger partial charge in [-0.3, -0.25) is 10.1 Å². The molecule has 13 heavy (non-hydrogen) atoms. The van der Waals surface area contributed by atoms with E-state index in [1.807, 2.05) is 13.8 Å². The molecule has 0 spiro atoms. The van der Waals surface area contributed by atoms with E-state index >= 15 is 0 Å². The van der Waals surface area contributed by atoms with Crippen LogP contribution in [-0.4, -0.2) is 24.7 Å². The van der Waals surface area contributed by atoms with Crippen molar-refractivity contribution in [2.45, 2.75) is 52.1 Å². The summed E-state index contributed by atoms with van der Waals surface area (Å²) >= 11 is 0. The van der Waals surface area contributed by atoms with E-state index in [9.17, 15) is 4.79 Å². The van der Waals surface area contributed by atoms with Crippen molar-refractivity contribution in [2.75, 3.05) is 7.11 Å². The maximum Gasteiger partial charge on any atom is 0.325 e. The van der Waals surface area contributed by atoms with Gasteiger partial charge >= 0.3 is 5.97 Å². The first-order chi connectivity index (χ1) is 5.94. The van der Waals surface area contributed by atoms with E-state index < -0.39 is 5.54 Å². The van der Waals surface area contributed by atoms with Crippen LogP contribution in [0.2, 0.25) is 0 Å². The van der Waals surface area contributed by atoms with Crippen molar-refractivity contribution in [1.82, 2.24) is 5.32 Å². The molecule has 0 aliphatic rings. The molecule has 3 heteroatoms. The van der Waals surface area contributed by atoms with Gasteiger partial charge in [-0.2, -0.15) is 0 Å². The normalized spacial score (nSPS) is 13.9. The molecular weight excluding hydrogens is 166 g/mol. The summed E-state index contributed by atoms with van der Waals surface area (Å²) in [6.45, 7) is 7.88. The van der Waals surface area contributed by atoms with E-state index in [0.29, 0.717) is 6.04 Å². The van der Waals surface area contributed by atoms with E-state index in [4.69, 9.17) is 4.74 Å². The minimum Gasteiger partial charge on any atom is -0.468 e. The van der Waals surface area contributed by atoms with Crippen LogP contribution in [0.4, 0.5) is 0 Å². The molecule has 0 fully saturated rings. The van der Waals surface area contributed by atoms with E-state index in [-0.39, 0.29) is 5.97 Å². The highest BCUT2D eigenvalue weighted by molar-refractivity contribution is 5.79. The van der Waals surface area contributed by atoms with Gasteiger partial charge in [0.15, 0.2) is 0 Å². The first-order valence-corrected chi connectivity index (χ1v) is 4.80. The van der Waals surface area contributed by atoms with E-state index in [1.54, 1.807) is 0 Å². The van der Waals surface area contributed by atoms with Crippen molar-refractivity contribution in [3.8, 4) is 0 Å². The smallest absolute Gasteiger partial charge is 0.325 e. The summed E-state index contributed by atoms with van der Waals surface area (Å²) in [5, 5.41) is 3.23. The fraction of sp³-hybridized carbons (Fsp3) is 0.900. The fourth-order valence-electron chi connectivity index (χ4n) is 1.44. The monoisotopic (exact) mass is 187 g/mol. The second kappa shape index (κ2) is 5.22. The summed E-state index contributed by atoms with van der Waals surface area (Å²) in [4.78, 5) is 11.3. The number of rotatable bonds is 5. The van der Waals surface area contributed by atoms with Crippen molar-refractivity contribution in [3.63, 3.8) is 0 Å². The van der Waals surface area contributed by atoms with Crippen LogP contribution in [0.1, 0.15) is 40.5 Å². The first kappa shape index (κ1) is 12.4. The molecule has 1 atom stereocenters. The Hall–Kier alpha value is -0.570. The summed E-state index contributed by atoms with van der Waals surface area (Å²) in [6.07, 6.45) is 2.19. The molecule has 0 saturated carbocycles. The topological polar surface area (TPSA) is 38.3 Å². The molecular formula is C10H21NO2. The molecule has 1 unspecified atom stereocenters. The van der Waals surface area contributed by atoms with Crippen molar-refractivity contribution in [2.24, 2.45) is 0 Å². The third kappa shape index (κ3) is 4.27. The Balaban J connectivity index is 4.07. The number of hydrogen-bond acceptors (Lipinski definition) is 3. The predicted octanol–water partition coefficient (Wildman–Crippen LogP) is 1.72. The zero-order valence-corrected chi connectivity index (χ0v) is 9.31. The van der Waals surface area contributed by atoms with Crippen molar-refractivity contribution in [1.29, 1.82) is 0 Å². The molecule has 0 aromatic carbocycles. The number of ether oxygens (including phenoxy) is 1. The van der Waals surface area contributed by atoms with Gasteiger partial charge in [-0.25, -0.2) is 0 Å². The van der Waals surface area contributed by atoms with E-state index in [1.165, 1.54) is 7.11 Å². The van der Waals surface area contributed by atoms with Gasteiger partial charge in [-0.05, 0) is 27.2 Å². The quantitative estimate of drug-likeness (QED) is 0.666. The third-order valence-corrected chi connectivity index (χ3v) is 2.02. The van der Waals surface area contributed by atoms with Crippen LogP contribution in [0.25, 0.3) is 0 Å². The molecule has 0 bridgehead atoms. The van der Waals surface area contributed by atoms with Crippen LogP contribution < -0.4 is 5.32 Å². The average molecular weight is 187 g/mol. The highest BCUT2D eigenvalue weighted by atomic mass is 16.5. The Labute approximate surface area is 80.8 Å². The summed E-state index contributed by atoms with van der Waals surface area (Å²) in [5.74, 6) is -0.213. The highest BCUT2D eigenvalue weighted by Crippen LogP contribution is 2.08. The first-order valence-electron chi connectivity index (χ1n) is 4.80. The molecule has 0 heterocycles. The Bertz CT molecular complexity index is 166. The van der Waals surface area contributed by atoms with Crippen LogP contribution in [0.15, 0.2) is 0 Å². The standard InChI is InChI=1S/C10H21NO2/c1-6-7-8(2)11-10(3,4)9(12)13-5/h8,11H,6-7H2,1-5H3. The van der Waals surface area contributed by atoms with Gasteiger partial charge < -0.3 is 4.74 Å². The molecule has 0 aliphatic carbocycles. The minimum absolute atomic E-state index is 0.213. The molecule has 0 aromatic rings. The van der Waals surface area contributed by atoms with Crippen LogP contribution in [0, 0.1) is 0 Å². The van der Waals surface area contributed by atoms with Gasteiger partial charge in [0.1, 0.15) is 5.54 Å². The number of carbonyl (C=O) groups is 1. The maximum atomic E-state index is 11.3. The molecule has 0 rings (SSSR count).